The molecule has 2 aromatic rings. The molecule has 1 saturated carbocycles. The molecule has 0 radical (unpaired) electrons. The Morgan fingerprint density at radius 2 is 1.88 bits per heavy atom. The SMILES string of the molecule is Cc1cc(C(=O)N2CCN(C(=O)[C@@H]3C[C@H]3c3cccs3)CC2)c(C)o1. The van der Waals surface area contributed by atoms with E-state index in [1.165, 1.54) is 4.88 Å². The molecular weight excluding hydrogens is 336 g/mol. The zero-order valence-electron chi connectivity index (χ0n) is 14.5. The number of thiophene rings is 1. The molecule has 2 aliphatic rings. The van der Waals surface area contributed by atoms with Gasteiger partial charge in [-0.3, -0.25) is 9.59 Å². The van der Waals surface area contributed by atoms with Crippen LogP contribution in [0.5, 0.6) is 0 Å². The van der Waals surface area contributed by atoms with E-state index >= 15 is 0 Å². The topological polar surface area (TPSA) is 53.8 Å². The number of piperazine rings is 1. The number of furan rings is 1. The molecule has 2 aromatic heterocycles. The van der Waals surface area contributed by atoms with E-state index in [-0.39, 0.29) is 17.7 Å². The molecule has 1 saturated heterocycles. The highest BCUT2D eigenvalue weighted by Crippen LogP contribution is 2.50. The van der Waals surface area contributed by atoms with Gasteiger partial charge in [-0.2, -0.15) is 0 Å². The number of rotatable bonds is 3. The van der Waals surface area contributed by atoms with Crippen molar-refractivity contribution in [2.45, 2.75) is 26.2 Å². The molecule has 132 valence electrons. The molecular formula is C19H22N2O3S. The van der Waals surface area contributed by atoms with E-state index in [1.54, 1.807) is 17.4 Å². The van der Waals surface area contributed by atoms with Crippen LogP contribution in [0.1, 0.15) is 39.1 Å². The Bertz CT molecular complexity index is 788. The number of carbonyl (C=O) groups is 2. The van der Waals surface area contributed by atoms with Gasteiger partial charge in [0.1, 0.15) is 11.5 Å². The molecule has 2 amide bonds. The molecule has 0 aromatic carbocycles. The minimum absolute atomic E-state index is 0.00401. The van der Waals surface area contributed by atoms with Crippen molar-refractivity contribution >= 4 is 23.2 Å². The van der Waals surface area contributed by atoms with Crippen molar-refractivity contribution in [1.82, 2.24) is 9.80 Å². The highest BCUT2D eigenvalue weighted by molar-refractivity contribution is 7.10. The minimum atomic E-state index is 0.00401. The summed E-state index contributed by atoms with van der Waals surface area (Å²) in [7, 11) is 0. The summed E-state index contributed by atoms with van der Waals surface area (Å²) in [5.74, 6) is 2.22. The summed E-state index contributed by atoms with van der Waals surface area (Å²) in [5, 5.41) is 2.07. The van der Waals surface area contributed by atoms with Crippen LogP contribution in [-0.2, 0) is 4.79 Å². The smallest absolute Gasteiger partial charge is 0.257 e. The van der Waals surface area contributed by atoms with Gasteiger partial charge < -0.3 is 14.2 Å². The van der Waals surface area contributed by atoms with Crippen LogP contribution in [0, 0.1) is 19.8 Å². The van der Waals surface area contributed by atoms with Gasteiger partial charge in [-0.15, -0.1) is 11.3 Å². The van der Waals surface area contributed by atoms with Gasteiger partial charge in [0.2, 0.25) is 5.91 Å². The molecule has 0 bridgehead atoms. The van der Waals surface area contributed by atoms with Gasteiger partial charge in [-0.1, -0.05) is 6.07 Å². The Balaban J connectivity index is 1.33. The number of hydrogen-bond acceptors (Lipinski definition) is 4. The molecule has 3 heterocycles. The molecule has 2 atom stereocenters. The molecule has 1 aliphatic heterocycles. The lowest BCUT2D eigenvalue weighted by atomic mass is 10.2. The summed E-state index contributed by atoms with van der Waals surface area (Å²) >= 11 is 1.73. The summed E-state index contributed by atoms with van der Waals surface area (Å²) < 4.78 is 5.46. The molecule has 0 spiro atoms. The predicted molar refractivity (Wildman–Crippen MR) is 95.8 cm³/mol. The van der Waals surface area contributed by atoms with E-state index in [4.69, 9.17) is 4.42 Å². The van der Waals surface area contributed by atoms with Crippen molar-refractivity contribution in [2.24, 2.45) is 5.92 Å². The van der Waals surface area contributed by atoms with Gasteiger partial charge in [0, 0.05) is 42.9 Å². The molecule has 0 N–H and O–H groups in total. The molecule has 25 heavy (non-hydrogen) atoms. The second kappa shape index (κ2) is 6.33. The number of nitrogens with zero attached hydrogens (tertiary/aromatic N) is 2. The van der Waals surface area contributed by atoms with Crippen molar-refractivity contribution in [2.75, 3.05) is 26.2 Å². The molecule has 1 aliphatic carbocycles. The number of aryl methyl sites for hydroxylation is 2. The second-order valence-electron chi connectivity index (χ2n) is 6.91. The fourth-order valence-electron chi connectivity index (χ4n) is 3.66. The predicted octanol–water partition coefficient (Wildman–Crippen LogP) is 3.05. The minimum Gasteiger partial charge on any atom is -0.466 e. The van der Waals surface area contributed by atoms with E-state index in [0.717, 1.165) is 12.2 Å². The molecule has 5 nitrogen and oxygen atoms in total. The Labute approximate surface area is 151 Å². The van der Waals surface area contributed by atoms with E-state index in [2.05, 4.69) is 11.4 Å². The Hall–Kier alpha value is -2.08. The fourth-order valence-corrected chi connectivity index (χ4v) is 4.57. The first-order valence-corrected chi connectivity index (χ1v) is 9.61. The zero-order chi connectivity index (χ0) is 17.6. The van der Waals surface area contributed by atoms with Crippen LogP contribution < -0.4 is 0 Å². The molecule has 4 rings (SSSR count). The maximum atomic E-state index is 12.7. The van der Waals surface area contributed by atoms with Gasteiger partial charge in [0.25, 0.3) is 5.91 Å². The van der Waals surface area contributed by atoms with E-state index in [0.29, 0.717) is 43.4 Å². The van der Waals surface area contributed by atoms with Gasteiger partial charge in [0.15, 0.2) is 0 Å². The number of amides is 2. The lowest BCUT2D eigenvalue weighted by Gasteiger charge is -2.35. The zero-order valence-corrected chi connectivity index (χ0v) is 15.3. The van der Waals surface area contributed by atoms with Crippen molar-refractivity contribution < 1.29 is 14.0 Å². The highest BCUT2D eigenvalue weighted by Gasteiger charge is 2.46. The fraction of sp³-hybridized carbons (Fsp3) is 0.474. The quantitative estimate of drug-likeness (QED) is 0.847. The van der Waals surface area contributed by atoms with Crippen molar-refractivity contribution in [3.05, 3.63) is 45.5 Å². The summed E-state index contributed by atoms with van der Waals surface area (Å²) in [4.78, 5) is 30.4. The van der Waals surface area contributed by atoms with Crippen LogP contribution >= 0.6 is 11.3 Å². The summed E-state index contributed by atoms with van der Waals surface area (Å²) in [6.07, 6.45) is 0.964. The number of hydrogen-bond donors (Lipinski definition) is 0. The first kappa shape index (κ1) is 16.4. The summed E-state index contributed by atoms with van der Waals surface area (Å²) in [6, 6.07) is 5.96. The maximum absolute atomic E-state index is 12.7. The lowest BCUT2D eigenvalue weighted by Crippen LogP contribution is -2.51. The van der Waals surface area contributed by atoms with E-state index < -0.39 is 0 Å². The van der Waals surface area contributed by atoms with Gasteiger partial charge in [-0.05, 0) is 37.8 Å². The third-order valence-electron chi connectivity index (χ3n) is 5.17. The van der Waals surface area contributed by atoms with Crippen LogP contribution in [0.3, 0.4) is 0 Å². The maximum Gasteiger partial charge on any atom is 0.257 e. The highest BCUT2D eigenvalue weighted by atomic mass is 32.1. The lowest BCUT2D eigenvalue weighted by molar-refractivity contribution is -0.134. The third kappa shape index (κ3) is 3.11. The van der Waals surface area contributed by atoms with Crippen molar-refractivity contribution in [3.63, 3.8) is 0 Å². The van der Waals surface area contributed by atoms with E-state index in [9.17, 15) is 9.59 Å². The van der Waals surface area contributed by atoms with E-state index in [1.807, 2.05) is 29.7 Å². The monoisotopic (exact) mass is 358 g/mol. The third-order valence-corrected chi connectivity index (χ3v) is 6.17. The normalized spacial score (nSPS) is 23.0. The number of carbonyl (C=O) groups excluding carboxylic acids is 2. The Morgan fingerprint density at radius 3 is 2.48 bits per heavy atom. The molecule has 6 heteroatoms. The summed E-state index contributed by atoms with van der Waals surface area (Å²) in [5.41, 5.74) is 0.636. The largest absolute Gasteiger partial charge is 0.466 e. The average Bonchev–Trinajstić information content (AvgIpc) is 3.06. The summed E-state index contributed by atoms with van der Waals surface area (Å²) in [6.45, 7) is 6.08. The molecule has 0 unspecified atom stereocenters. The molecule has 2 fully saturated rings. The first-order valence-electron chi connectivity index (χ1n) is 8.73. The van der Waals surface area contributed by atoms with Crippen LogP contribution in [0.4, 0.5) is 0 Å². The van der Waals surface area contributed by atoms with Crippen LogP contribution in [-0.4, -0.2) is 47.8 Å². The Morgan fingerprint density at radius 1 is 1.16 bits per heavy atom. The van der Waals surface area contributed by atoms with Crippen molar-refractivity contribution in [3.8, 4) is 0 Å². The van der Waals surface area contributed by atoms with Gasteiger partial charge in [0.05, 0.1) is 5.56 Å². The van der Waals surface area contributed by atoms with Crippen LogP contribution in [0.2, 0.25) is 0 Å². The first-order chi connectivity index (χ1) is 12.0. The second-order valence-corrected chi connectivity index (χ2v) is 7.89. The van der Waals surface area contributed by atoms with Crippen LogP contribution in [0.15, 0.2) is 28.0 Å². The van der Waals surface area contributed by atoms with Crippen molar-refractivity contribution in [1.29, 1.82) is 0 Å². The Kier molecular flexibility index (Phi) is 4.15. The van der Waals surface area contributed by atoms with Gasteiger partial charge >= 0.3 is 0 Å². The van der Waals surface area contributed by atoms with Crippen LogP contribution in [0.25, 0.3) is 0 Å². The van der Waals surface area contributed by atoms with Gasteiger partial charge in [-0.25, -0.2) is 0 Å². The standard InChI is InChI=1S/C19H22N2O3S/c1-12-10-14(13(2)24-12)18(22)20-5-7-21(8-6-20)19(23)16-11-15(16)17-4-3-9-25-17/h3-4,9-10,15-16H,5-8,11H2,1-2H3/t15-,16-/m1/s1. The average molecular weight is 358 g/mol.